The number of halogens is 3. The van der Waals surface area contributed by atoms with Crippen molar-refractivity contribution in [1.82, 2.24) is 4.98 Å². The Morgan fingerprint density at radius 2 is 1.66 bits per heavy atom. The highest BCUT2D eigenvalue weighted by Gasteiger charge is 2.33. The molecule has 0 saturated carbocycles. The lowest BCUT2D eigenvalue weighted by atomic mass is 9.96. The number of rotatable bonds is 5. The molecular formula is C27H25F3N2. The lowest BCUT2D eigenvalue weighted by Crippen LogP contribution is -2.30. The van der Waals surface area contributed by atoms with Gasteiger partial charge in [0.05, 0.1) is 11.1 Å². The normalized spacial score (nSPS) is 14.0. The van der Waals surface area contributed by atoms with Crippen LogP contribution in [0.4, 0.5) is 18.9 Å². The van der Waals surface area contributed by atoms with Gasteiger partial charge in [0.2, 0.25) is 0 Å². The summed E-state index contributed by atoms with van der Waals surface area (Å²) in [5.74, 6) is 0. The van der Waals surface area contributed by atoms with Gasteiger partial charge in [-0.15, -0.1) is 0 Å². The molecule has 32 heavy (non-hydrogen) atoms. The fourth-order valence-electron chi connectivity index (χ4n) is 4.91. The van der Waals surface area contributed by atoms with Crippen molar-refractivity contribution >= 4 is 16.6 Å². The second-order valence-electron chi connectivity index (χ2n) is 8.41. The Labute approximate surface area is 185 Å². The molecule has 5 heteroatoms. The third-order valence-electron chi connectivity index (χ3n) is 6.40. The second-order valence-corrected chi connectivity index (χ2v) is 8.41. The lowest BCUT2D eigenvalue weighted by Gasteiger charge is -2.31. The summed E-state index contributed by atoms with van der Waals surface area (Å²) in [6.45, 7) is 2.05. The number of hydrogen-bond donors (Lipinski definition) is 1. The van der Waals surface area contributed by atoms with Crippen LogP contribution in [0.15, 0.2) is 72.9 Å². The number of benzene rings is 3. The molecule has 0 radical (unpaired) electrons. The van der Waals surface area contributed by atoms with Crippen LogP contribution >= 0.6 is 0 Å². The van der Waals surface area contributed by atoms with E-state index in [0.717, 1.165) is 54.9 Å². The number of fused-ring (bicyclic) bond motifs is 2. The minimum Gasteiger partial charge on any atom is -0.371 e. The first-order valence-electron chi connectivity index (χ1n) is 11.1. The van der Waals surface area contributed by atoms with E-state index in [2.05, 4.69) is 34.1 Å². The highest BCUT2D eigenvalue weighted by molar-refractivity contribution is 5.96. The Balaban J connectivity index is 1.38. The van der Waals surface area contributed by atoms with Gasteiger partial charge >= 0.3 is 6.18 Å². The van der Waals surface area contributed by atoms with Gasteiger partial charge in [0, 0.05) is 35.9 Å². The molecule has 164 valence electrons. The van der Waals surface area contributed by atoms with Gasteiger partial charge in [0.1, 0.15) is 0 Å². The molecule has 0 amide bonds. The molecule has 1 N–H and O–H groups in total. The summed E-state index contributed by atoms with van der Waals surface area (Å²) in [7, 11) is 0. The van der Waals surface area contributed by atoms with E-state index >= 15 is 0 Å². The Bertz CT molecular complexity index is 1240. The fraction of sp³-hybridized carbons (Fsp3) is 0.259. The quantitative estimate of drug-likeness (QED) is 0.351. The third kappa shape index (κ3) is 3.88. The molecule has 2 nitrogen and oxygen atoms in total. The maximum Gasteiger partial charge on any atom is 0.417 e. The van der Waals surface area contributed by atoms with Crippen LogP contribution in [0, 0.1) is 0 Å². The summed E-state index contributed by atoms with van der Waals surface area (Å²) in [6, 6.07) is 20.0. The maximum atomic E-state index is 13.6. The van der Waals surface area contributed by atoms with Crippen molar-refractivity contribution in [3.63, 3.8) is 0 Å². The van der Waals surface area contributed by atoms with Crippen molar-refractivity contribution in [2.75, 3.05) is 18.0 Å². The summed E-state index contributed by atoms with van der Waals surface area (Å²) >= 11 is 0. The van der Waals surface area contributed by atoms with E-state index in [0.29, 0.717) is 5.56 Å². The summed E-state index contributed by atoms with van der Waals surface area (Å²) < 4.78 is 40.7. The van der Waals surface area contributed by atoms with Gasteiger partial charge in [-0.25, -0.2) is 0 Å². The van der Waals surface area contributed by atoms with Crippen molar-refractivity contribution in [3.8, 4) is 11.1 Å². The van der Waals surface area contributed by atoms with Crippen molar-refractivity contribution < 1.29 is 13.2 Å². The zero-order valence-electron chi connectivity index (χ0n) is 17.8. The van der Waals surface area contributed by atoms with Crippen LogP contribution in [0.2, 0.25) is 0 Å². The van der Waals surface area contributed by atoms with E-state index in [-0.39, 0.29) is 5.56 Å². The first-order chi connectivity index (χ1) is 15.5. The summed E-state index contributed by atoms with van der Waals surface area (Å²) in [6.07, 6.45) is 1.74. The number of nitrogens with zero attached hydrogens (tertiary/aromatic N) is 1. The molecule has 0 fully saturated rings. The molecule has 2 heterocycles. The zero-order chi connectivity index (χ0) is 22.1. The predicted octanol–water partition coefficient (Wildman–Crippen LogP) is 7.24. The molecule has 1 aliphatic heterocycles. The largest absolute Gasteiger partial charge is 0.417 e. The number of anilines is 1. The Kier molecular flexibility index (Phi) is 5.41. The van der Waals surface area contributed by atoms with Crippen molar-refractivity contribution in [1.29, 1.82) is 0 Å². The van der Waals surface area contributed by atoms with Crippen LogP contribution in [0.5, 0.6) is 0 Å². The van der Waals surface area contributed by atoms with Crippen LogP contribution in [0.1, 0.15) is 29.5 Å². The van der Waals surface area contributed by atoms with Crippen LogP contribution in [-0.2, 0) is 19.0 Å². The number of alkyl halides is 3. The number of nitrogens with one attached hydrogen (secondary N) is 1. The number of aromatic nitrogens is 1. The molecule has 1 aromatic heterocycles. The van der Waals surface area contributed by atoms with Crippen LogP contribution in [-0.4, -0.2) is 18.1 Å². The molecule has 1 aliphatic rings. The molecule has 0 unspecified atom stereocenters. The molecular weight excluding hydrogens is 409 g/mol. The average molecular weight is 435 g/mol. The predicted molar refractivity (Wildman–Crippen MR) is 124 cm³/mol. The van der Waals surface area contributed by atoms with Crippen molar-refractivity contribution in [2.45, 2.75) is 31.9 Å². The summed E-state index contributed by atoms with van der Waals surface area (Å²) in [4.78, 5) is 5.71. The van der Waals surface area contributed by atoms with E-state index in [1.807, 2.05) is 18.3 Å². The van der Waals surface area contributed by atoms with Crippen LogP contribution < -0.4 is 4.90 Å². The Morgan fingerprint density at radius 1 is 0.875 bits per heavy atom. The van der Waals surface area contributed by atoms with Gasteiger partial charge in [-0.2, -0.15) is 13.2 Å². The monoisotopic (exact) mass is 434 g/mol. The number of H-pyrrole nitrogens is 1. The highest BCUT2D eigenvalue weighted by Crippen LogP contribution is 2.39. The van der Waals surface area contributed by atoms with Gasteiger partial charge in [0.15, 0.2) is 0 Å². The second kappa shape index (κ2) is 8.38. The first-order valence-corrected chi connectivity index (χ1v) is 11.1. The van der Waals surface area contributed by atoms with Gasteiger partial charge in [-0.3, -0.25) is 0 Å². The summed E-state index contributed by atoms with van der Waals surface area (Å²) in [5, 5.41) is 0.999. The van der Waals surface area contributed by atoms with E-state index in [9.17, 15) is 13.2 Å². The number of para-hydroxylation sites is 2. The molecule has 0 spiro atoms. The smallest absolute Gasteiger partial charge is 0.371 e. The third-order valence-corrected chi connectivity index (χ3v) is 6.40. The molecule has 4 aromatic rings. The van der Waals surface area contributed by atoms with Crippen LogP contribution in [0.25, 0.3) is 22.0 Å². The Hall–Kier alpha value is -3.21. The van der Waals surface area contributed by atoms with E-state index in [1.54, 1.807) is 18.2 Å². The van der Waals surface area contributed by atoms with Crippen molar-refractivity contribution in [2.24, 2.45) is 0 Å². The van der Waals surface area contributed by atoms with Crippen molar-refractivity contribution in [3.05, 3.63) is 89.6 Å². The molecule has 0 atom stereocenters. The number of hydrogen-bond acceptors (Lipinski definition) is 1. The number of aromatic amines is 1. The van der Waals surface area contributed by atoms with E-state index in [1.165, 1.54) is 23.7 Å². The van der Waals surface area contributed by atoms with Crippen LogP contribution in [0.3, 0.4) is 0 Å². The number of aryl methyl sites for hydroxylation is 2. The molecule has 5 rings (SSSR count). The fourth-order valence-corrected chi connectivity index (χ4v) is 4.91. The minimum atomic E-state index is -4.39. The van der Waals surface area contributed by atoms with Gasteiger partial charge in [-0.1, -0.05) is 54.6 Å². The minimum absolute atomic E-state index is 0.212. The molecule has 0 aliphatic carbocycles. The van der Waals surface area contributed by atoms with Gasteiger partial charge in [0.25, 0.3) is 0 Å². The van der Waals surface area contributed by atoms with E-state index < -0.39 is 11.7 Å². The first kappa shape index (κ1) is 20.7. The van der Waals surface area contributed by atoms with E-state index in [4.69, 9.17) is 0 Å². The molecule has 0 saturated heterocycles. The Morgan fingerprint density at radius 3 is 2.53 bits per heavy atom. The van der Waals surface area contributed by atoms with Gasteiger partial charge < -0.3 is 9.88 Å². The summed E-state index contributed by atoms with van der Waals surface area (Å²) in [5.41, 5.74) is 4.87. The standard InChI is InChI=1S/C27H25F3N2/c28-27(29,30)24-14-3-2-11-22(24)23-13-5-12-21-20(18-31-26(21)23)10-7-17-32-16-6-9-19-8-1-4-15-25(19)32/h1-5,8,11-15,18,31H,6-7,9-10,16-17H2. The zero-order valence-corrected chi connectivity index (χ0v) is 17.8. The SMILES string of the molecule is FC(F)(F)c1ccccc1-c1cccc2c(CCCN3CCCc4ccccc43)c[nH]c12. The molecule has 0 bridgehead atoms. The van der Waals surface area contributed by atoms with Gasteiger partial charge in [-0.05, 0) is 54.5 Å². The average Bonchev–Trinajstić information content (AvgIpc) is 3.22. The molecule has 3 aromatic carbocycles. The topological polar surface area (TPSA) is 19.0 Å². The highest BCUT2D eigenvalue weighted by atomic mass is 19.4. The maximum absolute atomic E-state index is 13.6. The lowest BCUT2D eigenvalue weighted by molar-refractivity contribution is -0.137.